The van der Waals surface area contributed by atoms with Gasteiger partial charge in [-0.05, 0) is 6.08 Å². The normalized spacial score (nSPS) is 17.3. The van der Waals surface area contributed by atoms with Gasteiger partial charge in [-0.1, -0.05) is 0 Å². The summed E-state index contributed by atoms with van der Waals surface area (Å²) in [7, 11) is 0. The Kier molecular flexibility index (Phi) is 1.55. The van der Waals surface area contributed by atoms with Crippen molar-refractivity contribution in [3.63, 3.8) is 0 Å². The molecular formula is C4H5IN+. The van der Waals surface area contributed by atoms with E-state index >= 15 is 0 Å². The maximum atomic E-state index is 3.13. The lowest BCUT2D eigenvalue weighted by atomic mass is 10.6. The van der Waals surface area contributed by atoms with Crippen LogP contribution < -0.4 is 3.15 Å². The fourth-order valence-corrected chi connectivity index (χ4v) is 1.31. The minimum atomic E-state index is 0.197. The van der Waals surface area contributed by atoms with E-state index in [1.807, 2.05) is 12.3 Å². The Balaban J connectivity index is 2.77. The van der Waals surface area contributed by atoms with Crippen molar-refractivity contribution < 1.29 is 3.15 Å². The predicted molar refractivity (Wildman–Crippen MR) is 33.3 cm³/mol. The Hall–Kier alpha value is 0.01000. The second-order valence-electron chi connectivity index (χ2n) is 0.896. The molecule has 32 valence electrons. The first-order chi connectivity index (χ1) is 3.00. The fraction of sp³-hybridized carbons (Fsp3) is 0. The first-order valence-corrected chi connectivity index (χ1v) is 4.02. The number of halogens is 1. The lowest BCUT2D eigenvalue weighted by molar-refractivity contribution is -0.307. The van der Waals surface area contributed by atoms with Crippen LogP contribution in [-0.2, 0) is 0 Å². The van der Waals surface area contributed by atoms with Crippen LogP contribution in [0, 0.1) is 0 Å². The second-order valence-corrected chi connectivity index (χ2v) is 2.86. The van der Waals surface area contributed by atoms with Crippen molar-refractivity contribution in [2.45, 2.75) is 0 Å². The Bertz CT molecular complexity index is 76.9. The Labute approximate surface area is 46.9 Å². The Morgan fingerprint density at radius 3 is 2.50 bits per heavy atom. The molecule has 0 aromatic heterocycles. The monoisotopic (exact) mass is 194 g/mol. The number of rotatable bonds is 0. The molecule has 1 aliphatic rings. The Morgan fingerprint density at radius 1 is 1.33 bits per heavy atom. The van der Waals surface area contributed by atoms with E-state index in [0.717, 1.165) is 0 Å². The molecule has 0 atom stereocenters. The highest BCUT2D eigenvalue weighted by Crippen LogP contribution is 1.91. The van der Waals surface area contributed by atoms with Crippen LogP contribution in [0.4, 0.5) is 0 Å². The summed E-state index contributed by atoms with van der Waals surface area (Å²) in [6.07, 6.45) is 6.06. The van der Waals surface area contributed by atoms with Gasteiger partial charge in [-0.3, -0.25) is 0 Å². The Morgan fingerprint density at radius 2 is 2.33 bits per heavy atom. The summed E-state index contributed by atoms with van der Waals surface area (Å²) in [5.41, 5.74) is 0. The van der Waals surface area contributed by atoms with Crippen LogP contribution >= 0.6 is 21.0 Å². The van der Waals surface area contributed by atoms with Crippen LogP contribution in [-0.4, -0.2) is 0 Å². The van der Waals surface area contributed by atoms with Gasteiger partial charge in [0.05, 0.1) is 0 Å². The lowest BCUT2D eigenvalue weighted by Crippen LogP contribution is -2.53. The molecule has 0 bridgehead atoms. The van der Waals surface area contributed by atoms with Crippen LogP contribution in [0.1, 0.15) is 0 Å². The summed E-state index contributed by atoms with van der Waals surface area (Å²) in [5.74, 6) is 0. The topological polar surface area (TPSA) is 14.0 Å². The molecule has 1 aliphatic heterocycles. The number of allylic oxidation sites excluding steroid dienone is 2. The smallest absolute Gasteiger partial charge is 0.197 e. The molecule has 1 rings (SSSR count). The van der Waals surface area contributed by atoms with Gasteiger partial charge < -0.3 is 0 Å². The van der Waals surface area contributed by atoms with Crippen LogP contribution in [0.15, 0.2) is 22.4 Å². The minimum Gasteiger partial charge on any atom is -0.197 e. The van der Waals surface area contributed by atoms with E-state index in [2.05, 4.69) is 13.3 Å². The van der Waals surface area contributed by atoms with E-state index in [9.17, 15) is 0 Å². The largest absolute Gasteiger partial charge is 0.233 e. The molecular weight excluding hydrogens is 189 g/mol. The highest BCUT2D eigenvalue weighted by Gasteiger charge is 1.75. The average molecular weight is 194 g/mol. The van der Waals surface area contributed by atoms with Gasteiger partial charge in [0, 0.05) is 10.2 Å². The van der Waals surface area contributed by atoms with E-state index in [1.54, 1.807) is 0 Å². The molecule has 0 saturated heterocycles. The van der Waals surface area contributed by atoms with E-state index in [-0.39, 0.29) is 21.0 Å². The zero-order valence-corrected chi connectivity index (χ0v) is 5.34. The average Bonchev–Trinajstić information content (AvgIpc) is 1.72. The fourth-order valence-electron chi connectivity index (χ4n) is 0.243. The van der Waals surface area contributed by atoms with Gasteiger partial charge in [0.15, 0.2) is 6.20 Å². The summed E-state index contributed by atoms with van der Waals surface area (Å²) >= 11 is 0.197. The van der Waals surface area contributed by atoms with Crippen molar-refractivity contribution in [3.05, 3.63) is 22.4 Å². The first kappa shape index (κ1) is 4.18. The maximum absolute atomic E-state index is 3.13. The first-order valence-electron chi connectivity index (χ1n) is 1.70. The molecule has 0 aliphatic carbocycles. The van der Waals surface area contributed by atoms with Crippen LogP contribution in [0.3, 0.4) is 0 Å². The zero-order valence-electron chi connectivity index (χ0n) is 3.19. The molecule has 0 aromatic carbocycles. The summed E-state index contributed by atoms with van der Waals surface area (Å²) in [5, 5.41) is 0. The van der Waals surface area contributed by atoms with Crippen LogP contribution in [0.5, 0.6) is 0 Å². The van der Waals surface area contributed by atoms with Gasteiger partial charge in [-0.2, -0.15) is 3.15 Å². The molecule has 6 heavy (non-hydrogen) atoms. The van der Waals surface area contributed by atoms with Gasteiger partial charge >= 0.3 is 0 Å². The van der Waals surface area contributed by atoms with E-state index < -0.39 is 0 Å². The van der Waals surface area contributed by atoms with Gasteiger partial charge in [-0.15, -0.1) is 0 Å². The van der Waals surface area contributed by atoms with Crippen molar-refractivity contribution in [1.82, 2.24) is 0 Å². The third-order valence-electron chi connectivity index (χ3n) is 0.469. The van der Waals surface area contributed by atoms with E-state index in [1.165, 1.54) is 0 Å². The molecule has 0 aromatic rings. The molecule has 1 nitrogen and oxygen atoms in total. The standard InChI is InChI=1S/C4H4IN/c1-2-4-6-5-3-1/h1-4H/p+1. The number of hydrogen-bond donors (Lipinski definition) is 1. The quantitative estimate of drug-likeness (QED) is 0.532. The van der Waals surface area contributed by atoms with Gasteiger partial charge in [-0.25, -0.2) is 0 Å². The van der Waals surface area contributed by atoms with E-state index in [4.69, 9.17) is 0 Å². The summed E-state index contributed by atoms with van der Waals surface area (Å²) in [6, 6.07) is 0. The molecule has 0 amide bonds. The van der Waals surface area contributed by atoms with Gasteiger partial charge in [0.25, 0.3) is 0 Å². The molecule has 1 heterocycles. The van der Waals surface area contributed by atoms with Crippen molar-refractivity contribution in [1.29, 1.82) is 0 Å². The minimum absolute atomic E-state index is 0.197. The zero-order chi connectivity index (χ0) is 4.24. The van der Waals surface area contributed by atoms with Crippen LogP contribution in [0.25, 0.3) is 0 Å². The molecule has 1 N–H and O–H groups in total. The van der Waals surface area contributed by atoms with Crippen molar-refractivity contribution >= 4 is 21.0 Å². The summed E-state index contributed by atoms with van der Waals surface area (Å²) in [6.45, 7) is 0. The third kappa shape index (κ3) is 1.01. The summed E-state index contributed by atoms with van der Waals surface area (Å²) < 4.78 is 5.31. The molecule has 0 unspecified atom stereocenters. The molecule has 0 fully saturated rings. The SMILES string of the molecule is C1=C[NH+]=IC=C1. The van der Waals surface area contributed by atoms with Gasteiger partial charge in [0.1, 0.15) is 0 Å². The van der Waals surface area contributed by atoms with Gasteiger partial charge in [0.2, 0.25) is 21.0 Å². The lowest BCUT2D eigenvalue weighted by Gasteiger charge is -1.68. The predicted octanol–water partition coefficient (Wildman–Crippen LogP) is 0.262. The van der Waals surface area contributed by atoms with Crippen molar-refractivity contribution in [2.24, 2.45) is 0 Å². The van der Waals surface area contributed by atoms with E-state index in [0.29, 0.717) is 0 Å². The second kappa shape index (κ2) is 2.23. The summed E-state index contributed by atoms with van der Waals surface area (Å²) in [4.78, 5) is 0. The van der Waals surface area contributed by atoms with Crippen LogP contribution in [0.2, 0.25) is 0 Å². The van der Waals surface area contributed by atoms with Crippen molar-refractivity contribution in [3.8, 4) is 0 Å². The highest BCUT2D eigenvalue weighted by atomic mass is 127. The maximum Gasteiger partial charge on any atom is 0.233 e. The number of hydrogen-bond acceptors (Lipinski definition) is 0. The molecule has 0 radical (unpaired) electrons. The molecule has 0 spiro atoms. The van der Waals surface area contributed by atoms with Crippen molar-refractivity contribution in [2.75, 3.05) is 0 Å². The third-order valence-corrected chi connectivity index (χ3v) is 1.96. The molecule has 2 heteroatoms. The highest BCUT2D eigenvalue weighted by molar-refractivity contribution is 14.2. The number of nitrogens with one attached hydrogen (secondary N) is 1. The molecule has 0 saturated carbocycles.